The van der Waals surface area contributed by atoms with E-state index in [1.54, 1.807) is 4.90 Å². The number of carbonyl (C=O) groups excluding carboxylic acids is 2. The van der Waals surface area contributed by atoms with Gasteiger partial charge in [0.15, 0.2) is 12.3 Å². The van der Waals surface area contributed by atoms with Crippen LogP contribution in [-0.2, 0) is 14.2 Å². The van der Waals surface area contributed by atoms with Crippen molar-refractivity contribution < 1.29 is 23.8 Å². The van der Waals surface area contributed by atoms with Crippen LogP contribution in [0, 0.1) is 0 Å². The van der Waals surface area contributed by atoms with E-state index in [0.29, 0.717) is 6.54 Å². The standard InChI is InChI=1S/C12H22N4O5/c1-5-13-9-10(15(7-20-3)11(13)17)16(8-21-4)12(18)14(9)6-19-2/h9-10H,5-8H2,1-4H3. The zero-order valence-electron chi connectivity index (χ0n) is 12.8. The molecule has 0 radical (unpaired) electrons. The third kappa shape index (κ3) is 2.41. The van der Waals surface area contributed by atoms with E-state index >= 15 is 0 Å². The molecular weight excluding hydrogens is 280 g/mol. The molecule has 2 aliphatic rings. The molecule has 9 nitrogen and oxygen atoms in total. The van der Waals surface area contributed by atoms with Gasteiger partial charge in [-0.25, -0.2) is 9.59 Å². The molecule has 0 saturated carbocycles. The Balaban J connectivity index is 2.36. The first-order chi connectivity index (χ1) is 10.1. The van der Waals surface area contributed by atoms with Crippen molar-refractivity contribution in [2.75, 3.05) is 48.1 Å². The summed E-state index contributed by atoms with van der Waals surface area (Å²) in [5.41, 5.74) is 0. The van der Waals surface area contributed by atoms with Crippen LogP contribution in [0.15, 0.2) is 0 Å². The molecule has 0 N–H and O–H groups in total. The Bertz CT molecular complexity index is 403. The summed E-state index contributed by atoms with van der Waals surface area (Å²) in [5.74, 6) is 0. The molecule has 2 fully saturated rings. The molecule has 0 aromatic heterocycles. The molecule has 2 unspecified atom stereocenters. The Hall–Kier alpha value is -1.58. The average Bonchev–Trinajstić information content (AvgIpc) is 2.88. The molecular formula is C12H22N4O5. The first-order valence-electron chi connectivity index (χ1n) is 6.73. The fourth-order valence-electron chi connectivity index (χ4n) is 2.90. The van der Waals surface area contributed by atoms with Crippen molar-refractivity contribution >= 4 is 12.1 Å². The Labute approximate surface area is 123 Å². The zero-order chi connectivity index (χ0) is 15.6. The SMILES string of the molecule is CCN1C(=O)N(COC)C2C1N(COC)C(=O)N2COC. The van der Waals surface area contributed by atoms with E-state index < -0.39 is 12.3 Å². The first kappa shape index (κ1) is 15.8. The lowest BCUT2D eigenvalue weighted by molar-refractivity contribution is -0.00449. The molecule has 2 aliphatic heterocycles. The molecule has 0 bridgehead atoms. The molecule has 2 heterocycles. The second-order valence-electron chi connectivity index (χ2n) is 4.84. The highest BCUT2D eigenvalue weighted by molar-refractivity contribution is 5.85. The Morgan fingerprint density at radius 2 is 1.10 bits per heavy atom. The van der Waals surface area contributed by atoms with Crippen molar-refractivity contribution in [2.45, 2.75) is 19.3 Å². The molecule has 120 valence electrons. The second-order valence-corrected chi connectivity index (χ2v) is 4.84. The van der Waals surface area contributed by atoms with Gasteiger partial charge < -0.3 is 19.1 Å². The summed E-state index contributed by atoms with van der Waals surface area (Å²) in [6.45, 7) is 2.70. The van der Waals surface area contributed by atoms with E-state index in [9.17, 15) is 9.59 Å². The van der Waals surface area contributed by atoms with Crippen LogP contribution >= 0.6 is 0 Å². The number of hydrogen-bond donors (Lipinski definition) is 0. The van der Waals surface area contributed by atoms with Crippen molar-refractivity contribution in [1.82, 2.24) is 19.6 Å². The largest absolute Gasteiger partial charge is 0.364 e. The van der Waals surface area contributed by atoms with Crippen molar-refractivity contribution in [3.63, 3.8) is 0 Å². The van der Waals surface area contributed by atoms with Crippen molar-refractivity contribution in [2.24, 2.45) is 0 Å². The van der Waals surface area contributed by atoms with E-state index in [1.807, 2.05) is 6.92 Å². The summed E-state index contributed by atoms with van der Waals surface area (Å²) in [4.78, 5) is 31.2. The number of fused-ring (bicyclic) bond motifs is 1. The second kappa shape index (κ2) is 6.46. The predicted octanol–water partition coefficient (Wildman–Crippen LogP) is -0.0546. The molecule has 0 aliphatic carbocycles. The highest BCUT2D eigenvalue weighted by Gasteiger charge is 2.58. The van der Waals surface area contributed by atoms with E-state index in [-0.39, 0.29) is 32.3 Å². The van der Waals surface area contributed by atoms with Crippen LogP contribution in [0.5, 0.6) is 0 Å². The van der Waals surface area contributed by atoms with Gasteiger partial charge in [-0.15, -0.1) is 0 Å². The first-order valence-corrected chi connectivity index (χ1v) is 6.73. The van der Waals surface area contributed by atoms with Crippen LogP contribution in [-0.4, -0.2) is 92.1 Å². The van der Waals surface area contributed by atoms with Gasteiger partial charge in [-0.1, -0.05) is 0 Å². The molecule has 2 atom stereocenters. The van der Waals surface area contributed by atoms with E-state index in [1.165, 1.54) is 36.0 Å². The monoisotopic (exact) mass is 302 g/mol. The maximum absolute atomic E-state index is 12.5. The minimum Gasteiger partial charge on any atom is -0.364 e. The van der Waals surface area contributed by atoms with Crippen LogP contribution < -0.4 is 0 Å². The van der Waals surface area contributed by atoms with Gasteiger partial charge in [0.1, 0.15) is 20.2 Å². The third-order valence-electron chi connectivity index (χ3n) is 3.67. The number of hydrogen-bond acceptors (Lipinski definition) is 5. The molecule has 0 aromatic carbocycles. The minimum absolute atomic E-state index is 0.102. The fraction of sp³-hybridized carbons (Fsp3) is 0.833. The maximum Gasteiger partial charge on any atom is 0.327 e. The smallest absolute Gasteiger partial charge is 0.327 e. The van der Waals surface area contributed by atoms with Gasteiger partial charge in [0.2, 0.25) is 0 Å². The summed E-state index contributed by atoms with van der Waals surface area (Å²) >= 11 is 0. The molecule has 4 amide bonds. The lowest BCUT2D eigenvalue weighted by Gasteiger charge is -2.28. The summed E-state index contributed by atoms with van der Waals surface area (Å²) < 4.78 is 15.3. The van der Waals surface area contributed by atoms with Crippen molar-refractivity contribution in [3.8, 4) is 0 Å². The number of urea groups is 2. The third-order valence-corrected chi connectivity index (χ3v) is 3.67. The normalized spacial score (nSPS) is 25.3. The fourth-order valence-corrected chi connectivity index (χ4v) is 2.90. The number of amides is 4. The number of nitrogens with zero attached hydrogens (tertiary/aromatic N) is 4. The van der Waals surface area contributed by atoms with Gasteiger partial charge in [-0.3, -0.25) is 14.7 Å². The summed E-state index contributed by atoms with van der Waals surface area (Å²) in [7, 11) is 4.54. The predicted molar refractivity (Wildman–Crippen MR) is 71.9 cm³/mol. The Kier molecular flexibility index (Phi) is 4.86. The lowest BCUT2D eigenvalue weighted by atomic mass is 10.3. The van der Waals surface area contributed by atoms with Gasteiger partial charge in [0, 0.05) is 27.9 Å². The topological polar surface area (TPSA) is 74.8 Å². The van der Waals surface area contributed by atoms with Crippen LogP contribution in [0.1, 0.15) is 6.92 Å². The van der Waals surface area contributed by atoms with Gasteiger partial charge >= 0.3 is 12.1 Å². The maximum atomic E-state index is 12.5. The number of methoxy groups -OCH3 is 3. The number of rotatable bonds is 7. The number of carbonyl (C=O) groups is 2. The molecule has 9 heteroatoms. The quantitative estimate of drug-likeness (QED) is 0.659. The van der Waals surface area contributed by atoms with Crippen LogP contribution in [0.4, 0.5) is 9.59 Å². The highest BCUT2D eigenvalue weighted by atomic mass is 16.5. The van der Waals surface area contributed by atoms with Crippen LogP contribution in [0.2, 0.25) is 0 Å². The van der Waals surface area contributed by atoms with Gasteiger partial charge in [-0.05, 0) is 6.92 Å². The highest BCUT2D eigenvalue weighted by Crippen LogP contribution is 2.34. The molecule has 2 saturated heterocycles. The van der Waals surface area contributed by atoms with Crippen molar-refractivity contribution in [3.05, 3.63) is 0 Å². The van der Waals surface area contributed by atoms with Gasteiger partial charge in [-0.2, -0.15) is 0 Å². The molecule has 0 aromatic rings. The van der Waals surface area contributed by atoms with E-state index in [2.05, 4.69) is 0 Å². The Morgan fingerprint density at radius 3 is 1.43 bits per heavy atom. The zero-order valence-corrected chi connectivity index (χ0v) is 12.8. The van der Waals surface area contributed by atoms with E-state index in [0.717, 1.165) is 0 Å². The van der Waals surface area contributed by atoms with Crippen LogP contribution in [0.3, 0.4) is 0 Å². The summed E-state index contributed by atoms with van der Waals surface area (Å²) in [5, 5.41) is 0. The lowest BCUT2D eigenvalue weighted by Crippen LogP contribution is -2.48. The summed E-state index contributed by atoms with van der Waals surface area (Å²) in [6, 6.07) is -0.384. The number of likely N-dealkylation sites (N-methyl/N-ethyl adjacent to an activating group) is 1. The summed E-state index contributed by atoms with van der Waals surface area (Å²) in [6.07, 6.45) is -0.847. The molecule has 2 rings (SSSR count). The van der Waals surface area contributed by atoms with Crippen LogP contribution in [0.25, 0.3) is 0 Å². The van der Waals surface area contributed by atoms with Gasteiger partial charge in [0.05, 0.1) is 0 Å². The molecule has 21 heavy (non-hydrogen) atoms. The molecule has 0 spiro atoms. The number of ether oxygens (including phenoxy) is 3. The van der Waals surface area contributed by atoms with E-state index in [4.69, 9.17) is 14.2 Å². The minimum atomic E-state index is -0.444. The van der Waals surface area contributed by atoms with Crippen molar-refractivity contribution in [1.29, 1.82) is 0 Å². The van der Waals surface area contributed by atoms with Gasteiger partial charge in [0.25, 0.3) is 0 Å². The Morgan fingerprint density at radius 1 is 0.762 bits per heavy atom. The average molecular weight is 302 g/mol.